The number of rotatable bonds is 3. The molecule has 0 aromatic carbocycles. The van der Waals surface area contributed by atoms with Crippen LogP contribution >= 0.6 is 11.3 Å². The van der Waals surface area contributed by atoms with Gasteiger partial charge in [-0.05, 0) is 36.3 Å². The minimum Gasteiger partial charge on any atom is -0.148 e. The highest BCUT2D eigenvalue weighted by molar-refractivity contribution is 7.10. The molecule has 0 spiro atoms. The van der Waals surface area contributed by atoms with Crippen molar-refractivity contribution in [2.24, 2.45) is 0 Å². The third-order valence-corrected chi connectivity index (χ3v) is 3.24. The van der Waals surface area contributed by atoms with E-state index >= 15 is 0 Å². The van der Waals surface area contributed by atoms with Crippen LogP contribution in [0, 0.1) is 6.92 Å². The van der Waals surface area contributed by atoms with Crippen molar-refractivity contribution < 1.29 is 0 Å². The van der Waals surface area contributed by atoms with Crippen LogP contribution in [0.1, 0.15) is 43.0 Å². The molecule has 1 aromatic rings. The predicted molar refractivity (Wildman–Crippen MR) is 52.4 cm³/mol. The molecule has 0 saturated heterocycles. The lowest BCUT2D eigenvalue weighted by atomic mass is 10.0. The maximum absolute atomic E-state index is 2.31. The van der Waals surface area contributed by atoms with Crippen molar-refractivity contribution in [1.82, 2.24) is 0 Å². The Morgan fingerprint density at radius 3 is 2.73 bits per heavy atom. The lowest BCUT2D eigenvalue weighted by Gasteiger charge is -2.05. The van der Waals surface area contributed by atoms with E-state index in [0.29, 0.717) is 0 Å². The minimum atomic E-state index is 0.763. The SMILES string of the molecule is CCCC(C)c1cc(C)cs1. The standard InChI is InChI=1S/C10H16S/c1-4-5-9(3)10-6-8(2)7-11-10/h6-7,9H,4-5H2,1-3H3. The van der Waals surface area contributed by atoms with E-state index in [0.717, 1.165) is 5.92 Å². The fourth-order valence-electron chi connectivity index (χ4n) is 1.29. The zero-order valence-corrected chi connectivity index (χ0v) is 8.37. The molecule has 0 fully saturated rings. The number of thiophene rings is 1. The Morgan fingerprint density at radius 1 is 1.55 bits per heavy atom. The Morgan fingerprint density at radius 2 is 2.27 bits per heavy atom. The predicted octanol–water partition coefficient (Wildman–Crippen LogP) is 3.96. The van der Waals surface area contributed by atoms with E-state index in [1.807, 2.05) is 11.3 Å². The van der Waals surface area contributed by atoms with E-state index in [4.69, 9.17) is 0 Å². The van der Waals surface area contributed by atoms with Crippen molar-refractivity contribution in [2.45, 2.75) is 39.5 Å². The second-order valence-corrected chi connectivity index (χ2v) is 4.16. The molecule has 1 heteroatoms. The monoisotopic (exact) mass is 168 g/mol. The minimum absolute atomic E-state index is 0.763. The third kappa shape index (κ3) is 2.33. The first kappa shape index (κ1) is 8.79. The van der Waals surface area contributed by atoms with Gasteiger partial charge < -0.3 is 0 Å². The number of hydrogen-bond acceptors (Lipinski definition) is 1. The highest BCUT2D eigenvalue weighted by Gasteiger charge is 2.05. The van der Waals surface area contributed by atoms with Crippen LogP contribution in [-0.2, 0) is 0 Å². The van der Waals surface area contributed by atoms with Gasteiger partial charge in [-0.15, -0.1) is 11.3 Å². The molecule has 1 rings (SSSR count). The molecule has 1 aromatic heterocycles. The van der Waals surface area contributed by atoms with Crippen molar-refractivity contribution in [3.8, 4) is 0 Å². The average Bonchev–Trinajstić information content (AvgIpc) is 2.36. The molecule has 0 N–H and O–H groups in total. The molecular weight excluding hydrogens is 152 g/mol. The Bertz CT molecular complexity index is 212. The zero-order valence-electron chi connectivity index (χ0n) is 7.55. The summed E-state index contributed by atoms with van der Waals surface area (Å²) in [6, 6.07) is 2.31. The van der Waals surface area contributed by atoms with Gasteiger partial charge >= 0.3 is 0 Å². The molecular formula is C10H16S. The van der Waals surface area contributed by atoms with Crippen molar-refractivity contribution in [1.29, 1.82) is 0 Å². The van der Waals surface area contributed by atoms with Gasteiger partial charge in [0.2, 0.25) is 0 Å². The topological polar surface area (TPSA) is 0 Å². The van der Waals surface area contributed by atoms with Gasteiger partial charge in [0, 0.05) is 4.88 Å². The average molecular weight is 168 g/mol. The van der Waals surface area contributed by atoms with E-state index in [9.17, 15) is 0 Å². The molecule has 0 radical (unpaired) electrons. The van der Waals surface area contributed by atoms with Gasteiger partial charge in [-0.1, -0.05) is 20.3 Å². The zero-order chi connectivity index (χ0) is 8.27. The van der Waals surface area contributed by atoms with Gasteiger partial charge in [0.25, 0.3) is 0 Å². The number of aryl methyl sites for hydroxylation is 1. The highest BCUT2D eigenvalue weighted by Crippen LogP contribution is 2.26. The molecule has 0 bridgehead atoms. The highest BCUT2D eigenvalue weighted by atomic mass is 32.1. The summed E-state index contributed by atoms with van der Waals surface area (Å²) in [4.78, 5) is 1.55. The molecule has 0 amide bonds. The Hall–Kier alpha value is -0.300. The van der Waals surface area contributed by atoms with Crippen LogP contribution in [0.5, 0.6) is 0 Å². The fraction of sp³-hybridized carbons (Fsp3) is 0.600. The first-order chi connectivity index (χ1) is 5.24. The van der Waals surface area contributed by atoms with Crippen LogP contribution in [0.25, 0.3) is 0 Å². The van der Waals surface area contributed by atoms with E-state index in [-0.39, 0.29) is 0 Å². The Kier molecular flexibility index (Phi) is 3.13. The van der Waals surface area contributed by atoms with Gasteiger partial charge in [-0.2, -0.15) is 0 Å². The molecule has 0 aliphatic rings. The first-order valence-corrected chi connectivity index (χ1v) is 5.17. The van der Waals surface area contributed by atoms with Crippen LogP contribution < -0.4 is 0 Å². The lowest BCUT2D eigenvalue weighted by Crippen LogP contribution is -1.87. The summed E-state index contributed by atoms with van der Waals surface area (Å²) in [7, 11) is 0. The van der Waals surface area contributed by atoms with Crippen LogP contribution in [-0.4, -0.2) is 0 Å². The quantitative estimate of drug-likeness (QED) is 0.641. The molecule has 0 nitrogen and oxygen atoms in total. The summed E-state index contributed by atoms with van der Waals surface area (Å²) in [6.45, 7) is 6.73. The van der Waals surface area contributed by atoms with E-state index in [1.54, 1.807) is 4.88 Å². The second kappa shape index (κ2) is 3.91. The van der Waals surface area contributed by atoms with Crippen LogP contribution in [0.4, 0.5) is 0 Å². The maximum atomic E-state index is 2.31. The molecule has 1 heterocycles. The fourth-order valence-corrected chi connectivity index (χ4v) is 2.28. The molecule has 0 saturated carbocycles. The van der Waals surface area contributed by atoms with Crippen LogP contribution in [0.15, 0.2) is 11.4 Å². The van der Waals surface area contributed by atoms with E-state index in [1.165, 1.54) is 18.4 Å². The van der Waals surface area contributed by atoms with E-state index in [2.05, 4.69) is 32.2 Å². The van der Waals surface area contributed by atoms with Gasteiger partial charge in [0.15, 0.2) is 0 Å². The summed E-state index contributed by atoms with van der Waals surface area (Å²) < 4.78 is 0. The normalized spacial score (nSPS) is 13.4. The summed E-state index contributed by atoms with van der Waals surface area (Å²) in [5.41, 5.74) is 1.41. The van der Waals surface area contributed by atoms with Crippen molar-refractivity contribution >= 4 is 11.3 Å². The molecule has 0 aliphatic heterocycles. The van der Waals surface area contributed by atoms with Gasteiger partial charge in [-0.25, -0.2) is 0 Å². The van der Waals surface area contributed by atoms with Crippen molar-refractivity contribution in [3.63, 3.8) is 0 Å². The lowest BCUT2D eigenvalue weighted by molar-refractivity contribution is 0.675. The van der Waals surface area contributed by atoms with Gasteiger partial charge in [0.05, 0.1) is 0 Å². The third-order valence-electron chi connectivity index (χ3n) is 1.96. The van der Waals surface area contributed by atoms with E-state index < -0.39 is 0 Å². The molecule has 0 aliphatic carbocycles. The second-order valence-electron chi connectivity index (χ2n) is 3.22. The van der Waals surface area contributed by atoms with Crippen molar-refractivity contribution in [2.75, 3.05) is 0 Å². The Labute approximate surface area is 73.3 Å². The van der Waals surface area contributed by atoms with Gasteiger partial charge in [0.1, 0.15) is 0 Å². The van der Waals surface area contributed by atoms with Gasteiger partial charge in [-0.3, -0.25) is 0 Å². The molecule has 1 unspecified atom stereocenters. The maximum Gasteiger partial charge on any atom is 0.00761 e. The largest absolute Gasteiger partial charge is 0.148 e. The smallest absolute Gasteiger partial charge is 0.00761 e. The summed E-state index contributed by atoms with van der Waals surface area (Å²) in [6.07, 6.45) is 2.61. The first-order valence-electron chi connectivity index (χ1n) is 4.29. The molecule has 11 heavy (non-hydrogen) atoms. The number of hydrogen-bond donors (Lipinski definition) is 0. The summed E-state index contributed by atoms with van der Waals surface area (Å²) in [5, 5.41) is 2.24. The Balaban J connectivity index is 2.60. The summed E-state index contributed by atoms with van der Waals surface area (Å²) >= 11 is 1.90. The van der Waals surface area contributed by atoms with Crippen LogP contribution in [0.3, 0.4) is 0 Å². The summed E-state index contributed by atoms with van der Waals surface area (Å²) in [5.74, 6) is 0.763. The van der Waals surface area contributed by atoms with Crippen molar-refractivity contribution in [3.05, 3.63) is 21.9 Å². The molecule has 1 atom stereocenters. The van der Waals surface area contributed by atoms with Crippen LogP contribution in [0.2, 0.25) is 0 Å². The molecule has 62 valence electrons.